The van der Waals surface area contributed by atoms with Gasteiger partial charge >= 0.3 is 0 Å². The maximum atomic E-state index is 12.7. The fourth-order valence-electron chi connectivity index (χ4n) is 4.72. The Hall–Kier alpha value is -2.05. The summed E-state index contributed by atoms with van der Waals surface area (Å²) in [6.45, 7) is 2.96. The first-order valence-electron chi connectivity index (χ1n) is 11.5. The molecule has 1 atom stereocenters. The molecule has 1 saturated carbocycles. The zero-order valence-corrected chi connectivity index (χ0v) is 19.1. The predicted molar refractivity (Wildman–Crippen MR) is 123 cm³/mol. The lowest BCUT2D eigenvalue weighted by Gasteiger charge is -2.32. The van der Waals surface area contributed by atoms with Crippen LogP contribution in [0.25, 0.3) is 0 Å². The van der Waals surface area contributed by atoms with E-state index in [2.05, 4.69) is 21.2 Å². The Morgan fingerprint density at radius 3 is 2.77 bits per heavy atom. The summed E-state index contributed by atoms with van der Waals surface area (Å²) in [5, 5.41) is 8.39. The van der Waals surface area contributed by atoms with Gasteiger partial charge in [0.15, 0.2) is 0 Å². The van der Waals surface area contributed by atoms with E-state index in [0.717, 1.165) is 55.9 Å². The number of carbonyl (C=O) groups is 1. The maximum absolute atomic E-state index is 12.7. The summed E-state index contributed by atoms with van der Waals surface area (Å²) in [5.41, 5.74) is 2.17. The van der Waals surface area contributed by atoms with Crippen molar-refractivity contribution in [1.82, 2.24) is 20.0 Å². The molecule has 2 aliphatic rings. The van der Waals surface area contributed by atoms with Gasteiger partial charge in [0, 0.05) is 42.7 Å². The van der Waals surface area contributed by atoms with Crippen molar-refractivity contribution in [3.8, 4) is 5.75 Å². The molecular weight excluding hydrogens is 412 g/mol. The molecule has 1 N–H and O–H groups in total. The standard InChI is InChI=1S/C24H33ClN4O2/c1-28(21-5-3-2-4-6-21)24(30)17-29-13-11-18(16-29)23-15-20(26-27-23)12-14-31-22-9-7-19(25)8-10-22/h7-10,15,18,21H,2-6,11-14,16-17H2,1H3,(H,26,27)/t18-/m1/s1. The number of hydrogen-bond acceptors (Lipinski definition) is 4. The van der Waals surface area contributed by atoms with Crippen molar-refractivity contribution in [2.24, 2.45) is 0 Å². The zero-order valence-electron chi connectivity index (χ0n) is 18.4. The number of carbonyl (C=O) groups excluding carboxylic acids is 1. The first kappa shape index (κ1) is 22.2. The number of H-pyrrole nitrogens is 1. The third-order valence-electron chi connectivity index (χ3n) is 6.67. The lowest BCUT2D eigenvalue weighted by molar-refractivity contribution is -0.133. The smallest absolute Gasteiger partial charge is 0.236 e. The van der Waals surface area contributed by atoms with Gasteiger partial charge in [-0.15, -0.1) is 0 Å². The van der Waals surface area contributed by atoms with Crippen molar-refractivity contribution in [3.63, 3.8) is 0 Å². The van der Waals surface area contributed by atoms with Crippen LogP contribution in [0.2, 0.25) is 5.02 Å². The molecule has 1 aliphatic heterocycles. The summed E-state index contributed by atoms with van der Waals surface area (Å²) in [7, 11) is 1.98. The average molecular weight is 445 g/mol. The van der Waals surface area contributed by atoms with E-state index >= 15 is 0 Å². The molecule has 2 fully saturated rings. The van der Waals surface area contributed by atoms with Crippen LogP contribution in [-0.4, -0.2) is 65.2 Å². The van der Waals surface area contributed by atoms with Gasteiger partial charge in [-0.3, -0.25) is 14.8 Å². The molecule has 1 aromatic carbocycles. The van der Waals surface area contributed by atoms with Gasteiger partial charge in [0.05, 0.1) is 18.8 Å². The molecule has 2 heterocycles. The van der Waals surface area contributed by atoms with Crippen LogP contribution in [0.5, 0.6) is 5.75 Å². The van der Waals surface area contributed by atoms with E-state index in [9.17, 15) is 4.79 Å². The number of nitrogens with one attached hydrogen (secondary N) is 1. The second kappa shape index (κ2) is 10.5. The molecule has 0 bridgehead atoms. The average Bonchev–Trinajstić information content (AvgIpc) is 3.45. The number of hydrogen-bond donors (Lipinski definition) is 1. The number of amides is 1. The predicted octanol–water partition coefficient (Wildman–Crippen LogP) is 4.27. The molecule has 0 unspecified atom stereocenters. The molecule has 1 aliphatic carbocycles. The minimum atomic E-state index is 0.259. The van der Waals surface area contributed by atoms with Crippen LogP contribution >= 0.6 is 11.6 Å². The third-order valence-corrected chi connectivity index (χ3v) is 6.92. The van der Waals surface area contributed by atoms with Gasteiger partial charge in [0.1, 0.15) is 5.75 Å². The number of likely N-dealkylation sites (N-methyl/N-ethyl adjacent to an activating group) is 1. The minimum Gasteiger partial charge on any atom is -0.493 e. The van der Waals surface area contributed by atoms with Gasteiger partial charge in [-0.1, -0.05) is 30.9 Å². The van der Waals surface area contributed by atoms with Crippen molar-refractivity contribution in [3.05, 3.63) is 46.7 Å². The molecule has 1 amide bonds. The highest BCUT2D eigenvalue weighted by molar-refractivity contribution is 6.30. The fraction of sp³-hybridized carbons (Fsp3) is 0.583. The molecule has 1 aromatic heterocycles. The number of benzene rings is 1. The first-order chi connectivity index (χ1) is 15.1. The number of ether oxygens (including phenoxy) is 1. The Kier molecular flexibility index (Phi) is 7.51. The quantitative estimate of drug-likeness (QED) is 0.660. The zero-order chi connectivity index (χ0) is 21.6. The normalized spacial score (nSPS) is 20.1. The van der Waals surface area contributed by atoms with Gasteiger partial charge in [-0.2, -0.15) is 5.10 Å². The summed E-state index contributed by atoms with van der Waals surface area (Å²) < 4.78 is 5.78. The van der Waals surface area contributed by atoms with E-state index < -0.39 is 0 Å². The minimum absolute atomic E-state index is 0.259. The van der Waals surface area contributed by atoms with E-state index in [0.29, 0.717) is 30.1 Å². The molecule has 1 saturated heterocycles. The Bertz CT molecular complexity index is 848. The summed E-state index contributed by atoms with van der Waals surface area (Å²) >= 11 is 5.90. The van der Waals surface area contributed by atoms with Crippen molar-refractivity contribution in [2.45, 2.75) is 56.9 Å². The van der Waals surface area contributed by atoms with Crippen LogP contribution in [0, 0.1) is 0 Å². The molecule has 0 spiro atoms. The van der Waals surface area contributed by atoms with E-state index in [-0.39, 0.29) is 5.91 Å². The monoisotopic (exact) mass is 444 g/mol. The Balaban J connectivity index is 1.21. The van der Waals surface area contributed by atoms with Gasteiger partial charge in [-0.05, 0) is 56.1 Å². The first-order valence-corrected chi connectivity index (χ1v) is 11.9. The molecule has 2 aromatic rings. The Morgan fingerprint density at radius 1 is 1.23 bits per heavy atom. The number of nitrogens with zero attached hydrogens (tertiary/aromatic N) is 3. The molecule has 31 heavy (non-hydrogen) atoms. The van der Waals surface area contributed by atoms with Crippen LogP contribution in [-0.2, 0) is 11.2 Å². The molecule has 168 valence electrons. The van der Waals surface area contributed by atoms with Crippen molar-refractivity contribution in [2.75, 3.05) is 33.3 Å². The van der Waals surface area contributed by atoms with Crippen molar-refractivity contribution < 1.29 is 9.53 Å². The second-order valence-corrected chi connectivity index (χ2v) is 9.32. The number of rotatable bonds is 8. The Labute approximate surface area is 189 Å². The SMILES string of the molecule is CN(C(=O)CN1CC[C@@H](c2cc(CCOc3ccc(Cl)cc3)[nH]n2)C1)C1CCCCC1. The van der Waals surface area contributed by atoms with Gasteiger partial charge in [0.25, 0.3) is 0 Å². The van der Waals surface area contributed by atoms with Gasteiger partial charge < -0.3 is 9.64 Å². The van der Waals surface area contributed by atoms with E-state index in [4.69, 9.17) is 16.3 Å². The largest absolute Gasteiger partial charge is 0.493 e. The van der Waals surface area contributed by atoms with Crippen LogP contribution in [0.1, 0.15) is 55.8 Å². The summed E-state index contributed by atoms with van der Waals surface area (Å²) in [6, 6.07) is 9.99. The number of likely N-dealkylation sites (tertiary alicyclic amines) is 1. The van der Waals surface area contributed by atoms with Crippen LogP contribution in [0.15, 0.2) is 30.3 Å². The highest BCUT2D eigenvalue weighted by Gasteiger charge is 2.29. The molecule has 6 nitrogen and oxygen atoms in total. The molecule has 4 rings (SSSR count). The lowest BCUT2D eigenvalue weighted by atomic mass is 9.94. The van der Waals surface area contributed by atoms with E-state index in [1.165, 1.54) is 19.3 Å². The molecule has 7 heteroatoms. The second-order valence-electron chi connectivity index (χ2n) is 8.89. The lowest BCUT2D eigenvalue weighted by Crippen LogP contribution is -2.43. The highest BCUT2D eigenvalue weighted by atomic mass is 35.5. The topological polar surface area (TPSA) is 61.5 Å². The molecule has 0 radical (unpaired) electrons. The van der Waals surface area contributed by atoms with Crippen LogP contribution in [0.4, 0.5) is 0 Å². The van der Waals surface area contributed by atoms with Crippen molar-refractivity contribution in [1.29, 1.82) is 0 Å². The highest BCUT2D eigenvalue weighted by Crippen LogP contribution is 2.27. The van der Waals surface area contributed by atoms with Crippen LogP contribution in [0.3, 0.4) is 0 Å². The summed E-state index contributed by atoms with van der Waals surface area (Å²) in [5.74, 6) is 1.46. The number of aromatic nitrogens is 2. The number of aromatic amines is 1. The Morgan fingerprint density at radius 2 is 2.00 bits per heavy atom. The summed E-state index contributed by atoms with van der Waals surface area (Å²) in [4.78, 5) is 17.0. The van der Waals surface area contributed by atoms with E-state index in [1.807, 2.05) is 36.2 Å². The van der Waals surface area contributed by atoms with Crippen molar-refractivity contribution >= 4 is 17.5 Å². The van der Waals surface area contributed by atoms with Gasteiger partial charge in [-0.25, -0.2) is 0 Å². The fourth-order valence-corrected chi connectivity index (χ4v) is 4.84. The number of halogens is 1. The summed E-state index contributed by atoms with van der Waals surface area (Å²) in [6.07, 6.45) is 7.94. The maximum Gasteiger partial charge on any atom is 0.236 e. The van der Waals surface area contributed by atoms with Gasteiger partial charge in [0.2, 0.25) is 5.91 Å². The van der Waals surface area contributed by atoms with Crippen LogP contribution < -0.4 is 4.74 Å². The third kappa shape index (κ3) is 6.01. The van der Waals surface area contributed by atoms with E-state index in [1.54, 1.807) is 0 Å². The molecular formula is C24H33ClN4O2.